The first-order chi connectivity index (χ1) is 9.47. The highest BCUT2D eigenvalue weighted by Crippen LogP contribution is 2.34. The summed E-state index contributed by atoms with van der Waals surface area (Å²) in [5.41, 5.74) is -0.792. The number of halogens is 1. The van der Waals surface area contributed by atoms with Gasteiger partial charge in [0.2, 0.25) is 5.72 Å². The Bertz CT molecular complexity index is 523. The maximum Gasteiger partial charge on any atom is 0.360 e. The van der Waals surface area contributed by atoms with Gasteiger partial charge >= 0.3 is 5.97 Å². The summed E-state index contributed by atoms with van der Waals surface area (Å²) in [4.78, 5) is 13.5. The topological polar surface area (TPSA) is 49.8 Å². The number of carbonyl (C=O) groups is 1. The third kappa shape index (κ3) is 3.09. The Hall–Kier alpha value is -0.820. The molecule has 1 N–H and O–H groups in total. The molecule has 1 fully saturated rings. The van der Waals surface area contributed by atoms with Crippen molar-refractivity contribution in [2.24, 2.45) is 0 Å². The molecular formula is C13H14ClNO3S2. The van der Waals surface area contributed by atoms with Crippen molar-refractivity contribution in [2.75, 3.05) is 12.4 Å². The Balaban J connectivity index is 2.20. The van der Waals surface area contributed by atoms with Gasteiger partial charge in [-0.25, -0.2) is 4.79 Å². The minimum atomic E-state index is -1.70. The molecule has 0 spiro atoms. The number of esters is 1. The molecule has 1 atom stereocenters. The van der Waals surface area contributed by atoms with Crippen LogP contribution in [0.2, 0.25) is 5.02 Å². The van der Waals surface area contributed by atoms with E-state index in [1.807, 2.05) is 12.1 Å². The van der Waals surface area contributed by atoms with E-state index in [9.17, 15) is 9.90 Å². The average molecular weight is 332 g/mol. The highest BCUT2D eigenvalue weighted by molar-refractivity contribution is 8.23. The van der Waals surface area contributed by atoms with Gasteiger partial charge in [0.1, 0.15) is 4.32 Å². The zero-order valence-electron chi connectivity index (χ0n) is 10.8. The van der Waals surface area contributed by atoms with Gasteiger partial charge in [-0.2, -0.15) is 0 Å². The van der Waals surface area contributed by atoms with Gasteiger partial charge in [-0.3, -0.25) is 0 Å². The molecule has 1 aliphatic rings. The quantitative estimate of drug-likeness (QED) is 0.675. The molecule has 7 heteroatoms. The second kappa shape index (κ2) is 6.30. The van der Waals surface area contributed by atoms with E-state index in [-0.39, 0.29) is 12.4 Å². The smallest absolute Gasteiger partial charge is 0.360 e. The molecule has 1 unspecified atom stereocenters. The monoisotopic (exact) mass is 331 g/mol. The predicted octanol–water partition coefficient (Wildman–Crippen LogP) is 2.43. The van der Waals surface area contributed by atoms with Gasteiger partial charge in [-0.1, -0.05) is 47.7 Å². The highest BCUT2D eigenvalue weighted by atomic mass is 35.5. The van der Waals surface area contributed by atoms with Crippen molar-refractivity contribution in [3.8, 4) is 0 Å². The first-order valence-electron chi connectivity index (χ1n) is 6.06. The Morgan fingerprint density at radius 1 is 1.55 bits per heavy atom. The van der Waals surface area contributed by atoms with Crippen molar-refractivity contribution >= 4 is 45.9 Å². The zero-order valence-corrected chi connectivity index (χ0v) is 13.2. The lowest BCUT2D eigenvalue weighted by atomic mass is 10.1. The minimum absolute atomic E-state index is 0.179. The van der Waals surface area contributed by atoms with Crippen molar-refractivity contribution < 1.29 is 14.6 Å². The van der Waals surface area contributed by atoms with E-state index in [0.29, 0.717) is 15.9 Å². The summed E-state index contributed by atoms with van der Waals surface area (Å²) in [6, 6.07) is 7.18. The third-order valence-electron chi connectivity index (χ3n) is 2.92. The van der Waals surface area contributed by atoms with E-state index in [2.05, 4.69) is 0 Å². The molecule has 108 valence electrons. The second-order valence-electron chi connectivity index (χ2n) is 4.30. The van der Waals surface area contributed by atoms with Crippen LogP contribution in [0.25, 0.3) is 0 Å². The second-order valence-corrected chi connectivity index (χ2v) is 6.35. The fourth-order valence-corrected chi connectivity index (χ4v) is 3.34. The molecule has 0 amide bonds. The number of nitrogens with zero attached hydrogens (tertiary/aromatic N) is 1. The van der Waals surface area contributed by atoms with Gasteiger partial charge in [-0.15, -0.1) is 0 Å². The van der Waals surface area contributed by atoms with E-state index >= 15 is 0 Å². The number of hydrogen-bond donors (Lipinski definition) is 1. The standard InChI is InChI=1S/C13H14ClNO3S2/c1-2-18-11(16)13(17)8-20-12(19)15(13)7-9-3-5-10(14)6-4-9/h3-6,17H,2,7-8H2,1H3. The number of hydrogen-bond acceptors (Lipinski definition) is 5. The molecule has 1 aromatic carbocycles. The number of carbonyl (C=O) groups excluding carboxylic acids is 1. The van der Waals surface area contributed by atoms with E-state index in [1.165, 1.54) is 16.7 Å². The summed E-state index contributed by atoms with van der Waals surface area (Å²) in [6.45, 7) is 2.25. The maximum absolute atomic E-state index is 12.0. The lowest BCUT2D eigenvalue weighted by Gasteiger charge is -2.31. The molecule has 0 saturated carbocycles. The summed E-state index contributed by atoms with van der Waals surface area (Å²) in [7, 11) is 0. The van der Waals surface area contributed by atoms with E-state index in [0.717, 1.165) is 5.56 Å². The lowest BCUT2D eigenvalue weighted by Crippen LogP contribution is -2.53. The van der Waals surface area contributed by atoms with Gasteiger partial charge in [-0.05, 0) is 24.6 Å². The lowest BCUT2D eigenvalue weighted by molar-refractivity contribution is -0.175. The van der Waals surface area contributed by atoms with Crippen LogP contribution in [-0.2, 0) is 16.1 Å². The van der Waals surface area contributed by atoms with Crippen LogP contribution in [0, 0.1) is 0 Å². The van der Waals surface area contributed by atoms with Crippen molar-refractivity contribution in [1.29, 1.82) is 0 Å². The summed E-state index contributed by atoms with van der Waals surface area (Å²) in [5, 5.41) is 11.2. The minimum Gasteiger partial charge on any atom is -0.462 e. The van der Waals surface area contributed by atoms with Crippen LogP contribution in [0.3, 0.4) is 0 Å². The molecule has 1 saturated heterocycles. The molecule has 20 heavy (non-hydrogen) atoms. The van der Waals surface area contributed by atoms with Crippen LogP contribution in [0.5, 0.6) is 0 Å². The number of thiocarbonyl (C=S) groups is 1. The third-order valence-corrected chi connectivity index (χ3v) is 4.76. The number of ether oxygens (including phenoxy) is 1. The van der Waals surface area contributed by atoms with Gasteiger partial charge in [0.15, 0.2) is 0 Å². The van der Waals surface area contributed by atoms with Gasteiger partial charge in [0.05, 0.1) is 12.4 Å². The summed E-state index contributed by atoms with van der Waals surface area (Å²) < 4.78 is 5.42. The first kappa shape index (κ1) is 15.6. The molecule has 0 aliphatic carbocycles. The van der Waals surface area contributed by atoms with Crippen LogP contribution in [0.1, 0.15) is 12.5 Å². The first-order valence-corrected chi connectivity index (χ1v) is 7.83. The fourth-order valence-electron chi connectivity index (χ4n) is 1.85. The van der Waals surface area contributed by atoms with Crippen molar-refractivity contribution in [3.63, 3.8) is 0 Å². The van der Waals surface area contributed by atoms with Crippen LogP contribution in [-0.4, -0.2) is 38.4 Å². The number of rotatable bonds is 4. The summed E-state index contributed by atoms with van der Waals surface area (Å²) in [5.74, 6) is -0.487. The maximum atomic E-state index is 12.0. The van der Waals surface area contributed by atoms with Gasteiger partial charge in [0, 0.05) is 11.6 Å². The number of thioether (sulfide) groups is 1. The molecule has 0 aromatic heterocycles. The predicted molar refractivity (Wildman–Crippen MR) is 83.6 cm³/mol. The van der Waals surface area contributed by atoms with E-state index < -0.39 is 11.7 Å². The molecule has 1 heterocycles. The van der Waals surface area contributed by atoms with E-state index in [4.69, 9.17) is 28.6 Å². The van der Waals surface area contributed by atoms with Crippen molar-refractivity contribution in [2.45, 2.75) is 19.2 Å². The zero-order chi connectivity index (χ0) is 14.8. The molecule has 0 bridgehead atoms. The molecule has 0 radical (unpaired) electrons. The molecule has 1 aliphatic heterocycles. The van der Waals surface area contributed by atoms with Gasteiger partial charge < -0.3 is 14.7 Å². The van der Waals surface area contributed by atoms with Crippen molar-refractivity contribution in [1.82, 2.24) is 4.90 Å². The molecule has 1 aromatic rings. The van der Waals surface area contributed by atoms with Crippen LogP contribution in [0.4, 0.5) is 0 Å². The normalized spacial score (nSPS) is 22.1. The highest BCUT2D eigenvalue weighted by Gasteiger charge is 2.50. The summed E-state index contributed by atoms with van der Waals surface area (Å²) >= 11 is 12.3. The van der Waals surface area contributed by atoms with Crippen LogP contribution < -0.4 is 0 Å². The Kier molecular flexibility index (Phi) is 4.90. The average Bonchev–Trinajstić information content (AvgIpc) is 2.71. The number of benzene rings is 1. The Morgan fingerprint density at radius 3 is 2.80 bits per heavy atom. The van der Waals surface area contributed by atoms with Crippen LogP contribution in [0.15, 0.2) is 24.3 Å². The molecular weight excluding hydrogens is 318 g/mol. The van der Waals surface area contributed by atoms with Crippen LogP contribution >= 0.6 is 35.6 Å². The fraction of sp³-hybridized carbons (Fsp3) is 0.385. The van der Waals surface area contributed by atoms with E-state index in [1.54, 1.807) is 19.1 Å². The Morgan fingerprint density at radius 2 is 2.20 bits per heavy atom. The SMILES string of the molecule is CCOC(=O)C1(O)CSC(=S)N1Cc1ccc(Cl)cc1. The summed E-state index contributed by atoms with van der Waals surface area (Å²) in [6.07, 6.45) is 0. The Labute approximate surface area is 132 Å². The van der Waals surface area contributed by atoms with Crippen molar-refractivity contribution in [3.05, 3.63) is 34.9 Å². The largest absolute Gasteiger partial charge is 0.462 e. The van der Waals surface area contributed by atoms with Gasteiger partial charge in [0.25, 0.3) is 0 Å². The molecule has 2 rings (SSSR count). The number of aliphatic hydroxyl groups is 1. The molecule has 4 nitrogen and oxygen atoms in total.